The molecule has 3 N–H and O–H groups in total. The van der Waals surface area contributed by atoms with Gasteiger partial charge in [-0.3, -0.25) is 9.89 Å². The van der Waals surface area contributed by atoms with Crippen molar-refractivity contribution in [3.8, 4) is 0 Å². The molecule has 1 amide bonds. The van der Waals surface area contributed by atoms with Crippen molar-refractivity contribution in [1.29, 1.82) is 0 Å². The molecular weight excluding hydrogens is 270 g/mol. The number of aromatic amines is 1. The number of amides is 1. The van der Waals surface area contributed by atoms with Gasteiger partial charge in [0.05, 0.1) is 12.8 Å². The Balaban J connectivity index is 1.94. The third-order valence-electron chi connectivity index (χ3n) is 3.14. The summed E-state index contributed by atoms with van der Waals surface area (Å²) in [6.45, 7) is 5.83. The van der Waals surface area contributed by atoms with Crippen molar-refractivity contribution in [3.05, 3.63) is 41.6 Å². The number of carbonyl (C=O) groups is 1. The lowest BCUT2D eigenvalue weighted by Crippen LogP contribution is -2.38. The highest BCUT2D eigenvalue weighted by Crippen LogP contribution is 2.19. The van der Waals surface area contributed by atoms with Crippen molar-refractivity contribution < 1.29 is 14.3 Å². The first-order valence-electron chi connectivity index (χ1n) is 6.97. The quantitative estimate of drug-likeness (QED) is 0.757. The minimum Gasteiger partial charge on any atom is -0.466 e. The molecule has 0 aromatic carbocycles. The van der Waals surface area contributed by atoms with E-state index in [0.717, 1.165) is 12.1 Å². The average molecular weight is 291 g/mol. The average Bonchev–Trinajstić information content (AvgIpc) is 3.06. The van der Waals surface area contributed by atoms with Crippen LogP contribution in [-0.2, 0) is 12.0 Å². The van der Waals surface area contributed by atoms with E-state index in [9.17, 15) is 9.90 Å². The van der Waals surface area contributed by atoms with Crippen molar-refractivity contribution in [2.45, 2.75) is 32.8 Å². The third kappa shape index (κ3) is 3.95. The highest BCUT2D eigenvalue weighted by Gasteiger charge is 2.27. The molecule has 0 radical (unpaired) electrons. The zero-order valence-corrected chi connectivity index (χ0v) is 12.5. The Morgan fingerprint density at radius 2 is 2.33 bits per heavy atom. The van der Waals surface area contributed by atoms with Crippen LogP contribution in [0.5, 0.6) is 0 Å². The maximum Gasteiger partial charge on any atom is 0.271 e. The Bertz CT molecular complexity index is 585. The second kappa shape index (κ2) is 6.13. The summed E-state index contributed by atoms with van der Waals surface area (Å²) in [7, 11) is 0. The number of nitrogens with one attached hydrogen (secondary N) is 2. The van der Waals surface area contributed by atoms with Crippen LogP contribution in [0.1, 0.15) is 42.7 Å². The van der Waals surface area contributed by atoms with E-state index in [1.807, 2.05) is 0 Å². The van der Waals surface area contributed by atoms with Crippen LogP contribution in [0.3, 0.4) is 0 Å². The summed E-state index contributed by atoms with van der Waals surface area (Å²) in [5.74, 6) is 0.569. The van der Waals surface area contributed by atoms with Crippen molar-refractivity contribution in [3.63, 3.8) is 0 Å². The first kappa shape index (κ1) is 15.3. The van der Waals surface area contributed by atoms with Gasteiger partial charge in [-0.25, -0.2) is 0 Å². The van der Waals surface area contributed by atoms with Gasteiger partial charge in [0.2, 0.25) is 0 Å². The second-order valence-electron chi connectivity index (χ2n) is 5.81. The largest absolute Gasteiger partial charge is 0.466 e. The molecule has 0 aliphatic heterocycles. The highest BCUT2D eigenvalue weighted by atomic mass is 16.4. The van der Waals surface area contributed by atoms with Gasteiger partial charge in [-0.2, -0.15) is 5.10 Å². The van der Waals surface area contributed by atoms with Crippen molar-refractivity contribution in [2.24, 2.45) is 5.92 Å². The number of furan rings is 1. The number of aromatic nitrogens is 2. The van der Waals surface area contributed by atoms with Crippen LogP contribution in [0.4, 0.5) is 0 Å². The number of hydrogen-bond acceptors (Lipinski definition) is 4. The van der Waals surface area contributed by atoms with E-state index in [1.54, 1.807) is 25.1 Å². The Morgan fingerprint density at radius 3 is 2.95 bits per heavy atom. The fourth-order valence-electron chi connectivity index (χ4n) is 2.04. The molecule has 0 saturated heterocycles. The molecule has 1 atom stereocenters. The molecule has 2 heterocycles. The van der Waals surface area contributed by atoms with Gasteiger partial charge in [-0.1, -0.05) is 13.8 Å². The Labute approximate surface area is 123 Å². The molecule has 0 aliphatic rings. The fourth-order valence-corrected chi connectivity index (χ4v) is 2.04. The summed E-state index contributed by atoms with van der Waals surface area (Å²) in [6.07, 6.45) is 2.32. The van der Waals surface area contributed by atoms with Gasteiger partial charge in [0.25, 0.3) is 5.91 Å². The molecule has 2 aromatic heterocycles. The first-order chi connectivity index (χ1) is 9.88. The summed E-state index contributed by atoms with van der Waals surface area (Å²) in [5.41, 5.74) is -0.00944. The molecule has 2 rings (SSSR count). The normalized spacial score (nSPS) is 14.1. The van der Waals surface area contributed by atoms with Crippen LogP contribution in [0.2, 0.25) is 0 Å². The topological polar surface area (TPSA) is 91.2 Å². The maximum atomic E-state index is 12.0. The van der Waals surface area contributed by atoms with Crippen LogP contribution in [-0.4, -0.2) is 27.8 Å². The molecule has 6 heteroatoms. The number of hydrogen-bond donors (Lipinski definition) is 3. The predicted octanol–water partition coefficient (Wildman–Crippen LogP) is 1.84. The van der Waals surface area contributed by atoms with Gasteiger partial charge < -0.3 is 14.8 Å². The van der Waals surface area contributed by atoms with Crippen LogP contribution in [0.25, 0.3) is 0 Å². The summed E-state index contributed by atoms with van der Waals surface area (Å²) >= 11 is 0. The van der Waals surface area contributed by atoms with Crippen LogP contribution in [0.15, 0.2) is 28.9 Å². The molecule has 0 bridgehead atoms. The van der Waals surface area contributed by atoms with Crippen LogP contribution in [0, 0.1) is 5.92 Å². The van der Waals surface area contributed by atoms with Gasteiger partial charge in [0.15, 0.2) is 0 Å². The standard InChI is InChI=1S/C15H21N3O3/c1-10(2)7-11-8-12(18-17-11)14(19)16-9-15(3,20)13-5-4-6-21-13/h4-6,8,10,20H,7,9H2,1-3H3,(H,16,19)(H,17,18). The SMILES string of the molecule is CC(C)Cc1cc(C(=O)NCC(C)(O)c2ccco2)n[nH]1. The van der Waals surface area contributed by atoms with E-state index in [2.05, 4.69) is 29.4 Å². The molecular formula is C15H21N3O3. The van der Waals surface area contributed by atoms with E-state index in [-0.39, 0.29) is 12.5 Å². The van der Waals surface area contributed by atoms with Gasteiger partial charge in [-0.15, -0.1) is 0 Å². The van der Waals surface area contributed by atoms with Gasteiger partial charge in [-0.05, 0) is 37.5 Å². The molecule has 0 aliphatic carbocycles. The molecule has 21 heavy (non-hydrogen) atoms. The Morgan fingerprint density at radius 1 is 1.57 bits per heavy atom. The predicted molar refractivity (Wildman–Crippen MR) is 77.7 cm³/mol. The van der Waals surface area contributed by atoms with Gasteiger partial charge in [0, 0.05) is 5.69 Å². The van der Waals surface area contributed by atoms with E-state index in [4.69, 9.17) is 4.42 Å². The number of nitrogens with zero attached hydrogens (tertiary/aromatic N) is 1. The second-order valence-corrected chi connectivity index (χ2v) is 5.81. The lowest BCUT2D eigenvalue weighted by atomic mass is 10.0. The summed E-state index contributed by atoms with van der Waals surface area (Å²) in [5, 5.41) is 19.8. The zero-order chi connectivity index (χ0) is 15.5. The van der Waals surface area contributed by atoms with E-state index in [0.29, 0.717) is 17.4 Å². The number of rotatable bonds is 6. The van der Waals surface area contributed by atoms with Gasteiger partial charge >= 0.3 is 0 Å². The fraction of sp³-hybridized carbons (Fsp3) is 0.467. The first-order valence-corrected chi connectivity index (χ1v) is 6.97. The van der Waals surface area contributed by atoms with Gasteiger partial charge in [0.1, 0.15) is 17.1 Å². The summed E-state index contributed by atoms with van der Waals surface area (Å²) < 4.78 is 5.16. The van der Waals surface area contributed by atoms with E-state index >= 15 is 0 Å². The third-order valence-corrected chi connectivity index (χ3v) is 3.14. The molecule has 1 unspecified atom stereocenters. The molecule has 6 nitrogen and oxygen atoms in total. The number of aliphatic hydroxyl groups is 1. The van der Waals surface area contributed by atoms with E-state index in [1.165, 1.54) is 6.26 Å². The zero-order valence-electron chi connectivity index (χ0n) is 12.5. The molecule has 0 saturated carbocycles. The maximum absolute atomic E-state index is 12.0. The van der Waals surface area contributed by atoms with Crippen molar-refractivity contribution in [2.75, 3.05) is 6.54 Å². The Hall–Kier alpha value is -2.08. The summed E-state index contributed by atoms with van der Waals surface area (Å²) in [6, 6.07) is 5.09. The van der Waals surface area contributed by atoms with Crippen LogP contribution >= 0.6 is 0 Å². The molecule has 0 spiro atoms. The lowest BCUT2D eigenvalue weighted by molar-refractivity contribution is 0.0329. The monoisotopic (exact) mass is 291 g/mol. The summed E-state index contributed by atoms with van der Waals surface area (Å²) in [4.78, 5) is 12.0. The van der Waals surface area contributed by atoms with Crippen molar-refractivity contribution >= 4 is 5.91 Å². The van der Waals surface area contributed by atoms with Crippen molar-refractivity contribution in [1.82, 2.24) is 15.5 Å². The molecule has 2 aromatic rings. The Kier molecular flexibility index (Phi) is 4.47. The highest BCUT2D eigenvalue weighted by molar-refractivity contribution is 5.92. The minimum atomic E-state index is -1.25. The van der Waals surface area contributed by atoms with E-state index < -0.39 is 5.60 Å². The lowest BCUT2D eigenvalue weighted by Gasteiger charge is -2.20. The smallest absolute Gasteiger partial charge is 0.271 e. The number of carbonyl (C=O) groups excluding carboxylic acids is 1. The number of H-pyrrole nitrogens is 1. The van der Waals surface area contributed by atoms with Crippen LogP contribution < -0.4 is 5.32 Å². The molecule has 0 fully saturated rings. The molecule has 114 valence electrons. The minimum absolute atomic E-state index is 0.0473.